The number of hydrogen-bond donors (Lipinski definition) is 0. The van der Waals surface area contributed by atoms with Gasteiger partial charge in [-0.1, -0.05) is 18.2 Å². The molecule has 0 radical (unpaired) electrons. The molecule has 1 saturated carbocycles. The van der Waals surface area contributed by atoms with E-state index in [9.17, 15) is 9.18 Å². The molecule has 0 unspecified atom stereocenters. The second-order valence-electron chi connectivity index (χ2n) is 5.26. The van der Waals surface area contributed by atoms with Crippen LogP contribution >= 0.6 is 22.6 Å². The summed E-state index contributed by atoms with van der Waals surface area (Å²) in [5.41, 5.74) is 0.545. The van der Waals surface area contributed by atoms with Gasteiger partial charge in [0.1, 0.15) is 11.6 Å². The van der Waals surface area contributed by atoms with E-state index in [0.29, 0.717) is 17.9 Å². The predicted molar refractivity (Wildman–Crippen MR) is 90.4 cm³/mol. The van der Waals surface area contributed by atoms with E-state index in [-0.39, 0.29) is 17.8 Å². The third-order valence-corrected chi connectivity index (χ3v) is 4.13. The molecule has 1 aromatic carbocycles. The Morgan fingerprint density at radius 3 is 2.73 bits per heavy atom. The lowest BCUT2D eigenvalue weighted by Crippen LogP contribution is -2.31. The van der Waals surface area contributed by atoms with Crippen molar-refractivity contribution in [1.82, 2.24) is 4.90 Å². The number of hydrogen-bond acceptors (Lipinski definition) is 2. The lowest BCUT2D eigenvalue weighted by Gasteiger charge is -2.21. The van der Waals surface area contributed by atoms with E-state index in [1.807, 2.05) is 12.1 Å². The third kappa shape index (κ3) is 3.76. The maximum absolute atomic E-state index is 13.8. The van der Waals surface area contributed by atoms with E-state index in [0.717, 1.165) is 16.6 Å². The molecule has 0 spiro atoms. The summed E-state index contributed by atoms with van der Waals surface area (Å²) in [6.07, 6.45) is 5.11. The van der Waals surface area contributed by atoms with Crippen LogP contribution in [0.15, 0.2) is 46.9 Å². The molecule has 0 N–H and O–H groups in total. The Morgan fingerprint density at radius 1 is 1.32 bits per heavy atom. The molecule has 1 fully saturated rings. The maximum atomic E-state index is 13.8. The Labute approximate surface area is 141 Å². The van der Waals surface area contributed by atoms with Crippen molar-refractivity contribution in [3.63, 3.8) is 0 Å². The van der Waals surface area contributed by atoms with Crippen molar-refractivity contribution in [2.75, 3.05) is 0 Å². The molecular weight excluding hydrogens is 396 g/mol. The van der Waals surface area contributed by atoms with Gasteiger partial charge >= 0.3 is 0 Å². The SMILES string of the molecule is O=C(/C=C/c1ccc(I)o1)N(Cc1ccccc1F)C1CC1. The number of halogens is 2. The number of amides is 1. The molecule has 1 aliphatic rings. The van der Waals surface area contributed by atoms with Gasteiger partial charge in [-0.25, -0.2) is 4.39 Å². The van der Waals surface area contributed by atoms with Gasteiger partial charge in [0, 0.05) is 24.2 Å². The Morgan fingerprint density at radius 2 is 2.09 bits per heavy atom. The fourth-order valence-electron chi connectivity index (χ4n) is 2.25. The molecule has 3 nitrogen and oxygen atoms in total. The van der Waals surface area contributed by atoms with Crippen LogP contribution in [0.25, 0.3) is 6.08 Å². The zero-order valence-electron chi connectivity index (χ0n) is 11.8. The van der Waals surface area contributed by atoms with Gasteiger partial charge in [-0.15, -0.1) is 0 Å². The van der Waals surface area contributed by atoms with E-state index in [1.165, 1.54) is 12.1 Å². The topological polar surface area (TPSA) is 33.5 Å². The first-order valence-corrected chi connectivity index (χ1v) is 8.19. The molecule has 1 aromatic heterocycles. The monoisotopic (exact) mass is 411 g/mol. The van der Waals surface area contributed by atoms with Gasteiger partial charge in [0.2, 0.25) is 5.91 Å². The van der Waals surface area contributed by atoms with Gasteiger partial charge in [-0.3, -0.25) is 4.79 Å². The van der Waals surface area contributed by atoms with Crippen molar-refractivity contribution >= 4 is 34.6 Å². The first kappa shape index (κ1) is 15.3. The van der Waals surface area contributed by atoms with E-state index in [1.54, 1.807) is 29.2 Å². The van der Waals surface area contributed by atoms with E-state index >= 15 is 0 Å². The minimum Gasteiger partial charge on any atom is -0.451 e. The van der Waals surface area contributed by atoms with Crippen LogP contribution in [0.5, 0.6) is 0 Å². The van der Waals surface area contributed by atoms with Crippen LogP contribution < -0.4 is 0 Å². The smallest absolute Gasteiger partial charge is 0.247 e. The van der Waals surface area contributed by atoms with Crippen molar-refractivity contribution in [2.45, 2.75) is 25.4 Å². The minimum atomic E-state index is -0.273. The van der Waals surface area contributed by atoms with Crippen LogP contribution in [-0.2, 0) is 11.3 Å². The fourth-order valence-corrected chi connectivity index (χ4v) is 2.68. The third-order valence-electron chi connectivity index (χ3n) is 3.55. The molecule has 0 aliphatic heterocycles. The highest BCUT2D eigenvalue weighted by molar-refractivity contribution is 14.1. The average Bonchev–Trinajstić information content (AvgIpc) is 3.26. The normalized spacial score (nSPS) is 14.5. The summed E-state index contributed by atoms with van der Waals surface area (Å²) in [6, 6.07) is 10.4. The summed E-state index contributed by atoms with van der Waals surface area (Å²) in [6.45, 7) is 0.302. The van der Waals surface area contributed by atoms with Crippen molar-refractivity contribution < 1.29 is 13.6 Å². The van der Waals surface area contributed by atoms with Crippen LogP contribution in [0.4, 0.5) is 4.39 Å². The number of benzene rings is 1. The quantitative estimate of drug-likeness (QED) is 0.545. The van der Waals surface area contributed by atoms with Gasteiger partial charge in [0.25, 0.3) is 0 Å². The predicted octanol–water partition coefficient (Wildman–Crippen LogP) is 4.23. The molecular formula is C17H15FINO2. The van der Waals surface area contributed by atoms with Crippen LogP contribution in [0.1, 0.15) is 24.2 Å². The standard InChI is InChI=1S/C17H15FINO2/c18-15-4-2-1-3-12(15)11-20(13-5-6-13)17(21)10-8-14-7-9-16(19)22-14/h1-4,7-10,13H,5-6,11H2/b10-8+. The van der Waals surface area contributed by atoms with Crippen molar-refractivity contribution in [3.05, 3.63) is 63.4 Å². The van der Waals surface area contributed by atoms with E-state index in [4.69, 9.17) is 4.42 Å². The Kier molecular flexibility index (Phi) is 4.61. The molecule has 0 saturated heterocycles. The summed E-state index contributed by atoms with van der Waals surface area (Å²) in [5, 5.41) is 0. The summed E-state index contributed by atoms with van der Waals surface area (Å²) in [7, 11) is 0. The lowest BCUT2D eigenvalue weighted by molar-refractivity contribution is -0.127. The second-order valence-corrected chi connectivity index (χ2v) is 6.33. The summed E-state index contributed by atoms with van der Waals surface area (Å²) < 4.78 is 19.9. The Balaban J connectivity index is 1.72. The molecule has 3 rings (SSSR count). The zero-order valence-corrected chi connectivity index (χ0v) is 14.0. The van der Waals surface area contributed by atoms with E-state index in [2.05, 4.69) is 22.6 Å². The largest absolute Gasteiger partial charge is 0.451 e. The minimum absolute atomic E-state index is 0.114. The van der Waals surface area contributed by atoms with Crippen LogP contribution in [0.2, 0.25) is 0 Å². The highest BCUT2D eigenvalue weighted by Crippen LogP contribution is 2.29. The highest BCUT2D eigenvalue weighted by atomic mass is 127. The van der Waals surface area contributed by atoms with Crippen molar-refractivity contribution in [1.29, 1.82) is 0 Å². The first-order chi connectivity index (χ1) is 10.6. The molecule has 1 amide bonds. The van der Waals surface area contributed by atoms with Gasteiger partial charge in [0.05, 0.1) is 0 Å². The van der Waals surface area contributed by atoms with Gasteiger partial charge in [-0.05, 0) is 59.7 Å². The van der Waals surface area contributed by atoms with Gasteiger partial charge < -0.3 is 9.32 Å². The van der Waals surface area contributed by atoms with Crippen LogP contribution in [-0.4, -0.2) is 16.8 Å². The van der Waals surface area contributed by atoms with Crippen LogP contribution in [0, 0.1) is 9.58 Å². The Bertz CT molecular complexity index is 706. The Hall–Kier alpha value is -1.63. The van der Waals surface area contributed by atoms with Crippen molar-refractivity contribution in [2.24, 2.45) is 0 Å². The highest BCUT2D eigenvalue weighted by Gasteiger charge is 2.32. The molecule has 5 heteroatoms. The second kappa shape index (κ2) is 6.64. The van der Waals surface area contributed by atoms with Gasteiger partial charge in [0.15, 0.2) is 3.77 Å². The van der Waals surface area contributed by atoms with Crippen molar-refractivity contribution in [3.8, 4) is 0 Å². The number of carbonyl (C=O) groups excluding carboxylic acids is 1. The molecule has 0 atom stereocenters. The van der Waals surface area contributed by atoms with Gasteiger partial charge in [-0.2, -0.15) is 0 Å². The average molecular weight is 411 g/mol. The summed E-state index contributed by atoms with van der Waals surface area (Å²) in [5.74, 6) is 0.252. The fraction of sp³-hybridized carbons (Fsp3) is 0.235. The molecule has 1 heterocycles. The molecule has 2 aromatic rings. The lowest BCUT2D eigenvalue weighted by atomic mass is 10.2. The summed E-state index contributed by atoms with van der Waals surface area (Å²) in [4.78, 5) is 14.1. The van der Waals surface area contributed by atoms with E-state index < -0.39 is 0 Å². The zero-order chi connectivity index (χ0) is 15.5. The molecule has 114 valence electrons. The number of nitrogens with zero attached hydrogens (tertiary/aromatic N) is 1. The molecule has 22 heavy (non-hydrogen) atoms. The van der Waals surface area contributed by atoms with Crippen LogP contribution in [0.3, 0.4) is 0 Å². The number of rotatable bonds is 5. The summed E-state index contributed by atoms with van der Waals surface area (Å²) >= 11 is 2.07. The molecule has 0 bridgehead atoms. The number of furan rings is 1. The number of carbonyl (C=O) groups is 1. The first-order valence-electron chi connectivity index (χ1n) is 7.11. The molecule has 1 aliphatic carbocycles. The maximum Gasteiger partial charge on any atom is 0.247 e.